The Kier molecular flexibility index (Phi) is 6.65. The van der Waals surface area contributed by atoms with E-state index in [-0.39, 0.29) is 18.6 Å². The molecule has 0 atom stereocenters. The van der Waals surface area contributed by atoms with Crippen LogP contribution in [-0.2, 0) is 9.53 Å². The minimum absolute atomic E-state index is 0.0503. The minimum Gasteiger partial charge on any atom is -0.368 e. The molecule has 110 valence electrons. The van der Waals surface area contributed by atoms with Crippen molar-refractivity contribution in [1.82, 2.24) is 10.6 Å². The molecule has 2 aliphatic rings. The molecule has 1 heterocycles. The zero-order chi connectivity index (χ0) is 13.3. The maximum absolute atomic E-state index is 11.7. The predicted molar refractivity (Wildman–Crippen MR) is 76.0 cm³/mol. The first-order valence-electron chi connectivity index (χ1n) is 7.93. The first-order valence-corrected chi connectivity index (χ1v) is 7.93. The highest BCUT2D eigenvalue weighted by atomic mass is 16.5. The van der Waals surface area contributed by atoms with Crippen molar-refractivity contribution in [2.24, 2.45) is 5.92 Å². The molecular formula is C15H28N2O2. The lowest BCUT2D eigenvalue weighted by Gasteiger charge is -2.23. The molecule has 2 rings (SSSR count). The summed E-state index contributed by atoms with van der Waals surface area (Å²) in [6.45, 7) is 3.07. The molecule has 0 radical (unpaired) electrons. The largest absolute Gasteiger partial charge is 0.368 e. The standard InChI is InChI=1S/C15H28N2O2/c18-15(12-19-14-7-9-16-10-8-14)17-11-6-13-4-2-1-3-5-13/h13-14,16H,1-12H2,(H,17,18). The lowest BCUT2D eigenvalue weighted by Crippen LogP contribution is -2.36. The van der Waals surface area contributed by atoms with Gasteiger partial charge in [0.05, 0.1) is 6.10 Å². The van der Waals surface area contributed by atoms with E-state index in [0.29, 0.717) is 0 Å². The van der Waals surface area contributed by atoms with Crippen LogP contribution in [0, 0.1) is 5.92 Å². The molecule has 1 saturated carbocycles. The van der Waals surface area contributed by atoms with Crippen molar-refractivity contribution in [2.75, 3.05) is 26.2 Å². The predicted octanol–water partition coefficient (Wildman–Crippen LogP) is 1.84. The van der Waals surface area contributed by atoms with Crippen LogP contribution in [0.15, 0.2) is 0 Å². The van der Waals surface area contributed by atoms with Crippen LogP contribution in [0.2, 0.25) is 0 Å². The van der Waals surface area contributed by atoms with Crippen LogP contribution in [0.4, 0.5) is 0 Å². The van der Waals surface area contributed by atoms with E-state index < -0.39 is 0 Å². The van der Waals surface area contributed by atoms with Crippen molar-refractivity contribution in [3.05, 3.63) is 0 Å². The third-order valence-electron chi connectivity index (χ3n) is 4.34. The summed E-state index contributed by atoms with van der Waals surface area (Å²) in [6, 6.07) is 0. The molecule has 1 aliphatic carbocycles. The monoisotopic (exact) mass is 268 g/mol. The van der Waals surface area contributed by atoms with E-state index in [1.54, 1.807) is 0 Å². The molecule has 0 unspecified atom stereocenters. The summed E-state index contributed by atoms with van der Waals surface area (Å²) in [4.78, 5) is 11.7. The summed E-state index contributed by atoms with van der Waals surface area (Å²) < 4.78 is 5.64. The molecule has 1 amide bonds. The summed E-state index contributed by atoms with van der Waals surface area (Å²) in [5.74, 6) is 0.883. The van der Waals surface area contributed by atoms with Crippen LogP contribution in [0.3, 0.4) is 0 Å². The van der Waals surface area contributed by atoms with Crippen LogP contribution in [0.1, 0.15) is 51.4 Å². The van der Waals surface area contributed by atoms with Gasteiger partial charge >= 0.3 is 0 Å². The highest BCUT2D eigenvalue weighted by Gasteiger charge is 2.16. The van der Waals surface area contributed by atoms with Gasteiger partial charge in [0.15, 0.2) is 0 Å². The first kappa shape index (κ1) is 14.8. The summed E-state index contributed by atoms with van der Waals surface area (Å²) >= 11 is 0. The van der Waals surface area contributed by atoms with Crippen molar-refractivity contribution < 1.29 is 9.53 Å². The lowest BCUT2D eigenvalue weighted by molar-refractivity contribution is -0.128. The average molecular weight is 268 g/mol. The van der Waals surface area contributed by atoms with Gasteiger partial charge in [0.2, 0.25) is 5.91 Å². The number of carbonyl (C=O) groups excluding carboxylic acids is 1. The van der Waals surface area contributed by atoms with Crippen molar-refractivity contribution in [1.29, 1.82) is 0 Å². The number of amides is 1. The van der Waals surface area contributed by atoms with Crippen molar-refractivity contribution in [2.45, 2.75) is 57.5 Å². The molecule has 1 aliphatic heterocycles. The Labute approximate surface area is 116 Å². The zero-order valence-electron chi connectivity index (χ0n) is 12.0. The molecular weight excluding hydrogens is 240 g/mol. The second kappa shape index (κ2) is 8.54. The number of nitrogens with one attached hydrogen (secondary N) is 2. The number of ether oxygens (including phenoxy) is 1. The SMILES string of the molecule is O=C(COC1CCNCC1)NCCC1CCCCC1. The minimum atomic E-state index is 0.0503. The van der Waals surface area contributed by atoms with E-state index in [0.717, 1.165) is 44.8 Å². The number of hydrogen-bond acceptors (Lipinski definition) is 3. The summed E-state index contributed by atoms with van der Waals surface area (Å²) in [6.07, 6.45) is 10.3. The molecule has 0 bridgehead atoms. The molecule has 1 saturated heterocycles. The number of carbonyl (C=O) groups is 1. The van der Waals surface area contributed by atoms with E-state index in [9.17, 15) is 4.79 Å². The number of rotatable bonds is 6. The molecule has 4 heteroatoms. The average Bonchev–Trinajstić information content (AvgIpc) is 2.47. The molecule has 0 aromatic heterocycles. The van der Waals surface area contributed by atoms with Crippen molar-refractivity contribution in [3.8, 4) is 0 Å². The van der Waals surface area contributed by atoms with Crippen LogP contribution >= 0.6 is 0 Å². The molecule has 4 nitrogen and oxygen atoms in total. The molecule has 2 fully saturated rings. The summed E-state index contributed by atoms with van der Waals surface area (Å²) in [5.41, 5.74) is 0. The molecule has 0 aromatic carbocycles. The van der Waals surface area contributed by atoms with Gasteiger partial charge in [-0.25, -0.2) is 0 Å². The molecule has 19 heavy (non-hydrogen) atoms. The van der Waals surface area contributed by atoms with Crippen molar-refractivity contribution in [3.63, 3.8) is 0 Å². The highest BCUT2D eigenvalue weighted by molar-refractivity contribution is 5.77. The van der Waals surface area contributed by atoms with Gasteiger partial charge in [0, 0.05) is 6.54 Å². The topological polar surface area (TPSA) is 50.4 Å². The number of piperidine rings is 1. The quantitative estimate of drug-likeness (QED) is 0.773. The third kappa shape index (κ3) is 5.91. The lowest BCUT2D eigenvalue weighted by atomic mass is 9.87. The van der Waals surface area contributed by atoms with Gasteiger partial charge in [-0.05, 0) is 38.3 Å². The van der Waals surface area contributed by atoms with Gasteiger partial charge in [0.1, 0.15) is 6.61 Å². The van der Waals surface area contributed by atoms with E-state index in [1.165, 1.54) is 32.1 Å². The Morgan fingerprint density at radius 1 is 1.11 bits per heavy atom. The second-order valence-corrected chi connectivity index (χ2v) is 5.90. The van der Waals surface area contributed by atoms with Gasteiger partial charge in [-0.1, -0.05) is 32.1 Å². The van der Waals surface area contributed by atoms with Crippen LogP contribution in [-0.4, -0.2) is 38.3 Å². The van der Waals surface area contributed by atoms with Crippen LogP contribution in [0.5, 0.6) is 0 Å². The first-order chi connectivity index (χ1) is 9.34. The van der Waals surface area contributed by atoms with Gasteiger partial charge in [-0.2, -0.15) is 0 Å². The summed E-state index contributed by atoms with van der Waals surface area (Å²) in [5, 5.41) is 6.28. The van der Waals surface area contributed by atoms with Gasteiger partial charge in [0.25, 0.3) is 0 Å². The Hall–Kier alpha value is -0.610. The molecule has 2 N–H and O–H groups in total. The maximum Gasteiger partial charge on any atom is 0.246 e. The molecule has 0 spiro atoms. The van der Waals surface area contributed by atoms with E-state index in [2.05, 4.69) is 10.6 Å². The Morgan fingerprint density at radius 3 is 2.58 bits per heavy atom. The van der Waals surface area contributed by atoms with Gasteiger partial charge in [-0.3, -0.25) is 4.79 Å². The Balaban J connectivity index is 1.49. The van der Waals surface area contributed by atoms with E-state index in [4.69, 9.17) is 4.74 Å². The van der Waals surface area contributed by atoms with E-state index >= 15 is 0 Å². The Bertz CT molecular complexity index is 259. The van der Waals surface area contributed by atoms with E-state index in [1.807, 2.05) is 0 Å². The highest BCUT2D eigenvalue weighted by Crippen LogP contribution is 2.25. The normalized spacial score (nSPS) is 22.3. The third-order valence-corrected chi connectivity index (χ3v) is 4.34. The van der Waals surface area contributed by atoms with Gasteiger partial charge in [-0.15, -0.1) is 0 Å². The van der Waals surface area contributed by atoms with Crippen molar-refractivity contribution >= 4 is 5.91 Å². The smallest absolute Gasteiger partial charge is 0.246 e. The second-order valence-electron chi connectivity index (χ2n) is 5.90. The summed E-state index contributed by atoms with van der Waals surface area (Å²) in [7, 11) is 0. The maximum atomic E-state index is 11.7. The van der Waals surface area contributed by atoms with Crippen LogP contribution in [0.25, 0.3) is 0 Å². The fourth-order valence-corrected chi connectivity index (χ4v) is 3.10. The fourth-order valence-electron chi connectivity index (χ4n) is 3.10. The number of hydrogen-bond donors (Lipinski definition) is 2. The van der Waals surface area contributed by atoms with Crippen LogP contribution < -0.4 is 10.6 Å². The molecule has 0 aromatic rings. The van der Waals surface area contributed by atoms with Gasteiger partial charge < -0.3 is 15.4 Å². The fraction of sp³-hybridized carbons (Fsp3) is 0.933. The zero-order valence-corrected chi connectivity index (χ0v) is 12.0. The Morgan fingerprint density at radius 2 is 1.84 bits per heavy atom.